The summed E-state index contributed by atoms with van der Waals surface area (Å²) in [7, 11) is 0. The maximum absolute atomic E-state index is 13.6. The minimum absolute atomic E-state index is 0.00620. The zero-order chi connectivity index (χ0) is 20.4. The molecule has 146 valence electrons. The van der Waals surface area contributed by atoms with E-state index in [1.807, 2.05) is 0 Å². The Balaban J connectivity index is 1.55. The molecule has 0 aliphatic rings. The van der Waals surface area contributed by atoms with Crippen LogP contribution in [0.25, 0.3) is 11.2 Å². The predicted molar refractivity (Wildman–Crippen MR) is 100 cm³/mol. The Morgan fingerprint density at radius 2 is 1.83 bits per heavy atom. The summed E-state index contributed by atoms with van der Waals surface area (Å²) in [6, 6.07) is 11.5. The third-order valence-corrected chi connectivity index (χ3v) is 4.20. The quantitative estimate of drug-likeness (QED) is 0.557. The molecule has 0 fully saturated rings. The van der Waals surface area contributed by atoms with Crippen molar-refractivity contribution >= 4 is 22.8 Å². The number of anilines is 1. The van der Waals surface area contributed by atoms with E-state index in [1.165, 1.54) is 41.3 Å². The Morgan fingerprint density at radius 3 is 2.59 bits per heavy atom. The summed E-state index contributed by atoms with van der Waals surface area (Å²) in [5.74, 6) is -1.52. The average molecular weight is 396 g/mol. The van der Waals surface area contributed by atoms with Crippen molar-refractivity contribution < 1.29 is 13.6 Å². The highest BCUT2D eigenvalue weighted by molar-refractivity contribution is 5.90. The molecule has 10 heteroatoms. The van der Waals surface area contributed by atoms with Gasteiger partial charge in [-0.15, -0.1) is 5.10 Å². The summed E-state index contributed by atoms with van der Waals surface area (Å²) in [5.41, 5.74) is 0.459. The minimum atomic E-state index is -0.586. The molecule has 2 aromatic carbocycles. The lowest BCUT2D eigenvalue weighted by molar-refractivity contribution is -0.116. The largest absolute Gasteiger partial charge is 0.322 e. The van der Waals surface area contributed by atoms with E-state index in [2.05, 4.69) is 20.6 Å². The van der Waals surface area contributed by atoms with Crippen LogP contribution in [0.4, 0.5) is 14.5 Å². The first kappa shape index (κ1) is 18.4. The molecule has 1 amide bonds. The van der Waals surface area contributed by atoms with Crippen LogP contribution >= 0.6 is 0 Å². The van der Waals surface area contributed by atoms with Crippen molar-refractivity contribution in [1.82, 2.24) is 24.5 Å². The van der Waals surface area contributed by atoms with E-state index < -0.39 is 17.3 Å². The molecule has 1 N–H and O–H groups in total. The molecule has 0 bridgehead atoms. The molecule has 29 heavy (non-hydrogen) atoms. The summed E-state index contributed by atoms with van der Waals surface area (Å²) in [6.45, 7) is -0.109. The van der Waals surface area contributed by atoms with Crippen LogP contribution in [-0.2, 0) is 17.9 Å². The van der Waals surface area contributed by atoms with E-state index in [-0.39, 0.29) is 35.8 Å². The third-order valence-electron chi connectivity index (χ3n) is 4.20. The second-order valence-corrected chi connectivity index (χ2v) is 6.25. The van der Waals surface area contributed by atoms with Crippen LogP contribution in [0.3, 0.4) is 0 Å². The highest BCUT2D eigenvalue weighted by Gasteiger charge is 2.15. The molecule has 0 aliphatic heterocycles. The molecule has 0 saturated carbocycles. The second-order valence-electron chi connectivity index (χ2n) is 6.25. The zero-order valence-electron chi connectivity index (χ0n) is 14.9. The highest BCUT2D eigenvalue weighted by Crippen LogP contribution is 2.12. The number of fused-ring (bicyclic) bond motifs is 1. The Bertz CT molecular complexity index is 1250. The van der Waals surface area contributed by atoms with Crippen LogP contribution in [0, 0.1) is 11.6 Å². The molecule has 0 unspecified atom stereocenters. The van der Waals surface area contributed by atoms with Crippen molar-refractivity contribution in [3.05, 3.63) is 82.4 Å². The number of carbonyl (C=O) groups is 1. The first-order valence-corrected chi connectivity index (χ1v) is 8.59. The van der Waals surface area contributed by atoms with Crippen LogP contribution in [0.2, 0.25) is 0 Å². The molecule has 8 nitrogen and oxygen atoms in total. The zero-order valence-corrected chi connectivity index (χ0v) is 14.9. The van der Waals surface area contributed by atoms with Crippen molar-refractivity contribution in [1.29, 1.82) is 0 Å². The second kappa shape index (κ2) is 7.58. The van der Waals surface area contributed by atoms with Gasteiger partial charge in [0.15, 0.2) is 11.2 Å². The van der Waals surface area contributed by atoms with Gasteiger partial charge in [-0.05, 0) is 29.8 Å². The van der Waals surface area contributed by atoms with Gasteiger partial charge >= 0.3 is 0 Å². The lowest BCUT2D eigenvalue weighted by Gasteiger charge is -2.08. The molecular weight excluding hydrogens is 382 g/mol. The highest BCUT2D eigenvalue weighted by atomic mass is 19.1. The lowest BCUT2D eigenvalue weighted by atomic mass is 10.2. The maximum atomic E-state index is 13.6. The number of nitrogens with one attached hydrogen (secondary N) is 1. The van der Waals surface area contributed by atoms with E-state index in [1.54, 1.807) is 18.2 Å². The summed E-state index contributed by atoms with van der Waals surface area (Å²) < 4.78 is 29.2. The van der Waals surface area contributed by atoms with Crippen molar-refractivity contribution in [3.63, 3.8) is 0 Å². The van der Waals surface area contributed by atoms with Gasteiger partial charge < -0.3 is 5.32 Å². The van der Waals surface area contributed by atoms with Crippen molar-refractivity contribution in [2.45, 2.75) is 13.1 Å². The molecule has 2 heterocycles. The van der Waals surface area contributed by atoms with E-state index >= 15 is 0 Å². The van der Waals surface area contributed by atoms with Crippen molar-refractivity contribution in [3.8, 4) is 0 Å². The molecular formula is C19H14F2N6O2. The number of carbonyl (C=O) groups excluding carboxylic acids is 1. The van der Waals surface area contributed by atoms with Crippen LogP contribution in [0.1, 0.15) is 5.56 Å². The number of amides is 1. The predicted octanol–water partition coefficient (Wildman–Crippen LogP) is 1.95. The van der Waals surface area contributed by atoms with Crippen molar-refractivity contribution in [2.24, 2.45) is 0 Å². The number of para-hydroxylation sites is 1. The standard InChI is InChI=1S/C19H14F2N6O2/c20-13-7-5-12(6-8-13)9-27-18-17(24-25-27)19(29)26(11-22-18)10-16(28)23-15-4-2-1-3-14(15)21/h1-8,11H,9-10H2,(H,23,28). The Labute approximate surface area is 162 Å². The minimum Gasteiger partial charge on any atom is -0.322 e. The van der Waals surface area contributed by atoms with Crippen LogP contribution < -0.4 is 10.9 Å². The third kappa shape index (κ3) is 3.86. The lowest BCUT2D eigenvalue weighted by Crippen LogP contribution is -2.28. The summed E-state index contributed by atoms with van der Waals surface area (Å²) in [5, 5.41) is 10.2. The topological polar surface area (TPSA) is 94.7 Å². The maximum Gasteiger partial charge on any atom is 0.283 e. The van der Waals surface area contributed by atoms with Gasteiger partial charge in [-0.2, -0.15) is 0 Å². The molecule has 2 aromatic heterocycles. The molecule has 0 radical (unpaired) electrons. The number of aromatic nitrogens is 5. The van der Waals surface area contributed by atoms with Gasteiger partial charge in [0.1, 0.15) is 24.5 Å². The molecule has 0 saturated heterocycles. The monoisotopic (exact) mass is 396 g/mol. The number of benzene rings is 2. The van der Waals surface area contributed by atoms with Crippen LogP contribution in [0.5, 0.6) is 0 Å². The number of nitrogens with zero attached hydrogens (tertiary/aromatic N) is 5. The summed E-state index contributed by atoms with van der Waals surface area (Å²) in [4.78, 5) is 28.9. The van der Waals surface area contributed by atoms with Gasteiger partial charge in [-0.25, -0.2) is 18.4 Å². The molecule has 0 spiro atoms. The first-order chi connectivity index (χ1) is 14.0. The first-order valence-electron chi connectivity index (χ1n) is 8.59. The number of halogens is 2. The molecule has 4 aromatic rings. The van der Waals surface area contributed by atoms with E-state index in [0.717, 1.165) is 10.1 Å². The fraction of sp³-hybridized carbons (Fsp3) is 0.105. The van der Waals surface area contributed by atoms with E-state index in [0.29, 0.717) is 0 Å². The van der Waals surface area contributed by atoms with E-state index in [4.69, 9.17) is 0 Å². The Hall–Kier alpha value is -3.95. The van der Waals surface area contributed by atoms with E-state index in [9.17, 15) is 18.4 Å². The Kier molecular flexibility index (Phi) is 4.82. The van der Waals surface area contributed by atoms with Gasteiger partial charge in [-0.3, -0.25) is 14.2 Å². The SMILES string of the molecule is O=C(Cn1cnc2c(nnn2Cc2ccc(F)cc2)c1=O)Nc1ccccc1F. The summed E-state index contributed by atoms with van der Waals surface area (Å²) in [6.07, 6.45) is 1.20. The Morgan fingerprint density at radius 1 is 1.07 bits per heavy atom. The van der Waals surface area contributed by atoms with Crippen LogP contribution in [0.15, 0.2) is 59.7 Å². The molecule has 4 rings (SSSR count). The van der Waals surface area contributed by atoms with Gasteiger partial charge in [0.2, 0.25) is 5.91 Å². The number of hydrogen-bond donors (Lipinski definition) is 1. The fourth-order valence-electron chi connectivity index (χ4n) is 2.78. The molecule has 0 aliphatic carbocycles. The van der Waals surface area contributed by atoms with Gasteiger partial charge in [0.05, 0.1) is 12.2 Å². The number of hydrogen-bond acceptors (Lipinski definition) is 5. The summed E-state index contributed by atoms with van der Waals surface area (Å²) >= 11 is 0. The smallest absolute Gasteiger partial charge is 0.283 e. The number of rotatable bonds is 5. The fourth-order valence-corrected chi connectivity index (χ4v) is 2.78. The van der Waals surface area contributed by atoms with Gasteiger partial charge in [0.25, 0.3) is 5.56 Å². The molecule has 0 atom stereocenters. The average Bonchev–Trinajstić information content (AvgIpc) is 3.11. The van der Waals surface area contributed by atoms with Crippen LogP contribution in [-0.4, -0.2) is 30.5 Å². The van der Waals surface area contributed by atoms with Gasteiger partial charge in [-0.1, -0.05) is 29.5 Å². The van der Waals surface area contributed by atoms with Gasteiger partial charge in [0, 0.05) is 0 Å². The van der Waals surface area contributed by atoms with Crippen molar-refractivity contribution in [2.75, 3.05) is 5.32 Å². The normalized spacial score (nSPS) is 11.0.